The lowest BCUT2D eigenvalue weighted by Gasteiger charge is -2.40. The number of thiazole rings is 1. The van der Waals surface area contributed by atoms with E-state index in [1.165, 1.54) is 5.01 Å². The number of hydrogen-bond acceptors (Lipinski definition) is 5. The molecule has 0 spiro atoms. The Balaban J connectivity index is 1.68. The Bertz CT molecular complexity index is 525. The molecule has 1 aromatic rings. The Hall–Kier alpha value is -0.980. The van der Waals surface area contributed by atoms with Crippen LogP contribution in [-0.2, 0) is 16.0 Å². The van der Waals surface area contributed by atoms with Crippen molar-refractivity contribution in [3.8, 4) is 0 Å². The van der Waals surface area contributed by atoms with Crippen LogP contribution >= 0.6 is 11.3 Å². The van der Waals surface area contributed by atoms with Crippen molar-refractivity contribution in [2.45, 2.75) is 50.5 Å². The first-order valence-electron chi connectivity index (χ1n) is 8.22. The number of amides is 1. The molecule has 2 saturated heterocycles. The summed E-state index contributed by atoms with van der Waals surface area (Å²) in [4.78, 5) is 19.5. The van der Waals surface area contributed by atoms with Crippen molar-refractivity contribution in [3.05, 3.63) is 16.1 Å². The van der Waals surface area contributed by atoms with Crippen LogP contribution in [0.5, 0.6) is 0 Å². The molecule has 3 rings (SSSR count). The van der Waals surface area contributed by atoms with Gasteiger partial charge in [0.15, 0.2) is 0 Å². The Labute approximate surface area is 135 Å². The van der Waals surface area contributed by atoms with E-state index in [2.05, 4.69) is 12.3 Å². The highest BCUT2D eigenvalue weighted by molar-refractivity contribution is 7.09. The molecule has 122 valence electrons. The smallest absolute Gasteiger partial charge is 0.242 e. The highest BCUT2D eigenvalue weighted by Gasteiger charge is 2.40. The summed E-state index contributed by atoms with van der Waals surface area (Å²) < 4.78 is 5.35. The molecular weight excluding hydrogens is 298 g/mol. The number of aryl methyl sites for hydroxylation is 1. The predicted molar refractivity (Wildman–Crippen MR) is 87.0 cm³/mol. The van der Waals surface area contributed by atoms with E-state index < -0.39 is 5.54 Å². The van der Waals surface area contributed by atoms with Crippen LogP contribution in [0.1, 0.15) is 49.2 Å². The molecule has 1 amide bonds. The van der Waals surface area contributed by atoms with Gasteiger partial charge in [-0.2, -0.15) is 0 Å². The van der Waals surface area contributed by atoms with Crippen LogP contribution in [0.2, 0.25) is 0 Å². The number of likely N-dealkylation sites (tertiary alicyclic amines) is 1. The standard InChI is InChI=1S/C16H25N3O2S/c1-2-13-11-22-14(18-13)12-4-3-7-19(10-12)15(20)16(17)5-8-21-9-6-16/h11-12H,2-10,17H2,1H3. The lowest BCUT2D eigenvalue weighted by atomic mass is 9.88. The molecule has 2 N–H and O–H groups in total. The van der Waals surface area contributed by atoms with Crippen molar-refractivity contribution >= 4 is 17.2 Å². The zero-order valence-corrected chi connectivity index (χ0v) is 14.0. The average Bonchev–Trinajstić information content (AvgIpc) is 3.04. The Morgan fingerprint density at radius 2 is 2.32 bits per heavy atom. The van der Waals surface area contributed by atoms with E-state index in [-0.39, 0.29) is 5.91 Å². The molecule has 22 heavy (non-hydrogen) atoms. The summed E-state index contributed by atoms with van der Waals surface area (Å²) in [6.45, 7) is 4.88. The Morgan fingerprint density at radius 3 is 3.00 bits per heavy atom. The summed E-state index contributed by atoms with van der Waals surface area (Å²) in [5.74, 6) is 0.471. The topological polar surface area (TPSA) is 68.5 Å². The number of piperidine rings is 1. The molecule has 1 atom stereocenters. The van der Waals surface area contributed by atoms with Gasteiger partial charge in [0.05, 0.1) is 16.2 Å². The summed E-state index contributed by atoms with van der Waals surface area (Å²) in [6.07, 6.45) is 4.37. The van der Waals surface area contributed by atoms with Gasteiger partial charge in [0.2, 0.25) is 5.91 Å². The van der Waals surface area contributed by atoms with Crippen LogP contribution < -0.4 is 5.73 Å². The minimum Gasteiger partial charge on any atom is -0.381 e. The van der Waals surface area contributed by atoms with Gasteiger partial charge in [-0.05, 0) is 32.1 Å². The van der Waals surface area contributed by atoms with Crippen molar-refractivity contribution in [1.82, 2.24) is 9.88 Å². The number of nitrogens with zero attached hydrogens (tertiary/aromatic N) is 2. The van der Waals surface area contributed by atoms with Crippen LogP contribution in [0.15, 0.2) is 5.38 Å². The summed E-state index contributed by atoms with van der Waals surface area (Å²) in [5, 5.41) is 3.31. The monoisotopic (exact) mass is 323 g/mol. The molecule has 0 aliphatic carbocycles. The third-order valence-electron chi connectivity index (χ3n) is 4.80. The van der Waals surface area contributed by atoms with Gasteiger partial charge in [-0.25, -0.2) is 4.98 Å². The van der Waals surface area contributed by atoms with Crippen molar-refractivity contribution in [3.63, 3.8) is 0 Å². The van der Waals surface area contributed by atoms with Gasteiger partial charge in [0, 0.05) is 37.6 Å². The predicted octanol–water partition coefficient (Wildman–Crippen LogP) is 1.92. The first-order valence-corrected chi connectivity index (χ1v) is 9.10. The largest absolute Gasteiger partial charge is 0.381 e. The van der Waals surface area contributed by atoms with Gasteiger partial charge < -0.3 is 15.4 Å². The lowest BCUT2D eigenvalue weighted by molar-refractivity contribution is -0.141. The molecule has 3 heterocycles. The Kier molecular flexibility index (Phi) is 4.80. The number of aromatic nitrogens is 1. The lowest BCUT2D eigenvalue weighted by Crippen LogP contribution is -2.59. The van der Waals surface area contributed by atoms with E-state index in [1.54, 1.807) is 11.3 Å². The molecule has 2 aliphatic heterocycles. The van der Waals surface area contributed by atoms with Crippen LogP contribution in [0.25, 0.3) is 0 Å². The molecule has 1 unspecified atom stereocenters. The van der Waals surface area contributed by atoms with E-state index in [0.29, 0.717) is 32.0 Å². The Morgan fingerprint density at radius 1 is 1.55 bits per heavy atom. The van der Waals surface area contributed by atoms with Gasteiger partial charge in [-0.1, -0.05) is 6.92 Å². The quantitative estimate of drug-likeness (QED) is 0.923. The van der Waals surface area contributed by atoms with Crippen LogP contribution in [-0.4, -0.2) is 47.6 Å². The van der Waals surface area contributed by atoms with E-state index in [9.17, 15) is 4.79 Å². The van der Waals surface area contributed by atoms with Gasteiger partial charge >= 0.3 is 0 Å². The SMILES string of the molecule is CCc1csc(C2CCCN(C(=O)C3(N)CCOCC3)C2)n1. The van der Waals surface area contributed by atoms with E-state index in [0.717, 1.165) is 38.0 Å². The minimum atomic E-state index is -0.725. The van der Waals surface area contributed by atoms with Crippen LogP contribution in [0.3, 0.4) is 0 Å². The number of rotatable bonds is 3. The summed E-state index contributed by atoms with van der Waals surface area (Å²) in [6, 6.07) is 0. The summed E-state index contributed by atoms with van der Waals surface area (Å²) >= 11 is 1.73. The molecule has 0 radical (unpaired) electrons. The zero-order chi connectivity index (χ0) is 15.6. The van der Waals surface area contributed by atoms with E-state index >= 15 is 0 Å². The molecule has 2 fully saturated rings. The van der Waals surface area contributed by atoms with E-state index in [1.807, 2.05) is 4.90 Å². The van der Waals surface area contributed by atoms with Crippen LogP contribution in [0.4, 0.5) is 0 Å². The first kappa shape index (κ1) is 15.9. The fourth-order valence-corrected chi connectivity index (χ4v) is 4.33. The molecule has 5 nitrogen and oxygen atoms in total. The summed E-state index contributed by atoms with van der Waals surface area (Å²) in [7, 11) is 0. The average molecular weight is 323 g/mol. The molecular formula is C16H25N3O2S. The second kappa shape index (κ2) is 6.64. The fraction of sp³-hybridized carbons (Fsp3) is 0.750. The van der Waals surface area contributed by atoms with Crippen molar-refractivity contribution in [1.29, 1.82) is 0 Å². The third kappa shape index (κ3) is 3.19. The first-order chi connectivity index (χ1) is 10.6. The minimum absolute atomic E-state index is 0.104. The van der Waals surface area contributed by atoms with Crippen molar-refractivity contribution in [2.24, 2.45) is 5.73 Å². The van der Waals surface area contributed by atoms with Gasteiger partial charge in [0.25, 0.3) is 0 Å². The maximum absolute atomic E-state index is 12.8. The van der Waals surface area contributed by atoms with Gasteiger partial charge in [-0.15, -0.1) is 11.3 Å². The zero-order valence-electron chi connectivity index (χ0n) is 13.2. The van der Waals surface area contributed by atoms with Gasteiger partial charge in [-0.3, -0.25) is 4.79 Å². The fourth-order valence-electron chi connectivity index (χ4n) is 3.30. The number of ether oxygens (including phenoxy) is 1. The number of hydrogen-bond donors (Lipinski definition) is 1. The molecule has 6 heteroatoms. The second-order valence-electron chi connectivity index (χ2n) is 6.39. The molecule has 2 aliphatic rings. The molecule has 0 aromatic carbocycles. The van der Waals surface area contributed by atoms with Crippen molar-refractivity contribution < 1.29 is 9.53 Å². The number of nitrogens with two attached hydrogens (primary N) is 1. The van der Waals surface area contributed by atoms with Gasteiger partial charge in [0.1, 0.15) is 0 Å². The highest BCUT2D eigenvalue weighted by atomic mass is 32.1. The molecule has 1 aromatic heterocycles. The normalized spacial score (nSPS) is 25.2. The summed E-state index contributed by atoms with van der Waals surface area (Å²) in [5.41, 5.74) is 6.79. The third-order valence-corrected chi connectivity index (χ3v) is 5.86. The number of carbonyl (C=O) groups is 1. The highest BCUT2D eigenvalue weighted by Crippen LogP contribution is 2.31. The van der Waals surface area contributed by atoms with Crippen molar-refractivity contribution in [2.75, 3.05) is 26.3 Å². The number of carbonyl (C=O) groups excluding carboxylic acids is 1. The molecule has 0 saturated carbocycles. The maximum atomic E-state index is 12.8. The maximum Gasteiger partial charge on any atom is 0.242 e. The molecule has 0 bridgehead atoms. The second-order valence-corrected chi connectivity index (χ2v) is 7.28. The van der Waals surface area contributed by atoms with Crippen LogP contribution in [0, 0.1) is 0 Å². The van der Waals surface area contributed by atoms with E-state index in [4.69, 9.17) is 15.5 Å².